The predicted octanol–water partition coefficient (Wildman–Crippen LogP) is 0.778. The zero-order valence-electron chi connectivity index (χ0n) is 12.7. The summed E-state index contributed by atoms with van der Waals surface area (Å²) in [5.74, 6) is 0.216. The molecule has 19 heavy (non-hydrogen) atoms. The van der Waals surface area contributed by atoms with E-state index in [1.807, 2.05) is 32.8 Å². The van der Waals surface area contributed by atoms with E-state index in [0.29, 0.717) is 19.0 Å². The Morgan fingerprint density at radius 1 is 1.32 bits per heavy atom. The first-order valence-electron chi connectivity index (χ1n) is 7.11. The molecule has 1 saturated heterocycles. The second-order valence-electron chi connectivity index (χ2n) is 6.28. The molecule has 0 aromatic heterocycles. The summed E-state index contributed by atoms with van der Waals surface area (Å²) in [6, 6.07) is 0.368. The maximum atomic E-state index is 12.0. The second-order valence-corrected chi connectivity index (χ2v) is 8.21. The van der Waals surface area contributed by atoms with Crippen molar-refractivity contribution in [2.45, 2.75) is 51.1 Å². The molecule has 1 unspecified atom stereocenters. The van der Waals surface area contributed by atoms with Crippen molar-refractivity contribution in [3.05, 3.63) is 0 Å². The summed E-state index contributed by atoms with van der Waals surface area (Å²) in [5.41, 5.74) is -0.170. The highest BCUT2D eigenvalue weighted by molar-refractivity contribution is 7.89. The molecule has 0 aromatic carbocycles. The zero-order chi connectivity index (χ0) is 14.5. The topological polar surface area (TPSA) is 61.4 Å². The SMILES string of the molecule is CN(C)C(C)(C)CNS(=O)(=O)CCC1CCCCN1. The number of sulfonamides is 1. The monoisotopic (exact) mass is 291 g/mol. The van der Waals surface area contributed by atoms with Crippen molar-refractivity contribution in [1.29, 1.82) is 0 Å². The highest BCUT2D eigenvalue weighted by atomic mass is 32.2. The van der Waals surface area contributed by atoms with Crippen LogP contribution in [0, 0.1) is 0 Å². The van der Waals surface area contributed by atoms with Crippen molar-refractivity contribution >= 4 is 10.0 Å². The van der Waals surface area contributed by atoms with Crippen LogP contribution in [0.3, 0.4) is 0 Å². The van der Waals surface area contributed by atoms with E-state index in [4.69, 9.17) is 0 Å². The smallest absolute Gasteiger partial charge is 0.211 e. The Morgan fingerprint density at radius 2 is 2.00 bits per heavy atom. The minimum absolute atomic E-state index is 0.170. The average molecular weight is 291 g/mol. The first-order valence-corrected chi connectivity index (χ1v) is 8.76. The van der Waals surface area contributed by atoms with Crippen molar-refractivity contribution < 1.29 is 8.42 Å². The summed E-state index contributed by atoms with van der Waals surface area (Å²) >= 11 is 0. The minimum atomic E-state index is -3.16. The average Bonchev–Trinajstić information content (AvgIpc) is 2.36. The Labute approximate surface area is 118 Å². The van der Waals surface area contributed by atoms with Gasteiger partial charge < -0.3 is 10.2 Å². The zero-order valence-corrected chi connectivity index (χ0v) is 13.5. The molecule has 6 heteroatoms. The molecule has 0 spiro atoms. The van der Waals surface area contributed by atoms with Crippen molar-refractivity contribution in [3.63, 3.8) is 0 Å². The first kappa shape index (κ1) is 16.9. The van der Waals surface area contributed by atoms with Crippen LogP contribution in [-0.4, -0.2) is 57.8 Å². The van der Waals surface area contributed by atoms with Crippen molar-refractivity contribution in [3.8, 4) is 0 Å². The van der Waals surface area contributed by atoms with E-state index in [2.05, 4.69) is 10.0 Å². The normalized spacial score (nSPS) is 21.8. The van der Waals surface area contributed by atoms with Crippen LogP contribution in [0.2, 0.25) is 0 Å². The number of nitrogens with one attached hydrogen (secondary N) is 2. The second kappa shape index (κ2) is 7.02. The molecule has 0 amide bonds. The summed E-state index contributed by atoms with van der Waals surface area (Å²) in [5, 5.41) is 3.38. The van der Waals surface area contributed by atoms with E-state index >= 15 is 0 Å². The fourth-order valence-electron chi connectivity index (χ4n) is 1.98. The highest BCUT2D eigenvalue weighted by Crippen LogP contribution is 2.12. The molecule has 114 valence electrons. The maximum Gasteiger partial charge on any atom is 0.211 e. The van der Waals surface area contributed by atoms with Gasteiger partial charge in [0.1, 0.15) is 0 Å². The molecule has 1 aliphatic heterocycles. The summed E-state index contributed by atoms with van der Waals surface area (Å²) in [4.78, 5) is 2.03. The van der Waals surface area contributed by atoms with E-state index in [1.165, 1.54) is 12.8 Å². The largest absolute Gasteiger partial charge is 0.314 e. The van der Waals surface area contributed by atoms with Crippen LogP contribution in [0.25, 0.3) is 0 Å². The Balaban J connectivity index is 2.35. The molecule has 1 aliphatic rings. The molecule has 0 aliphatic carbocycles. The van der Waals surface area contributed by atoms with Gasteiger partial charge in [0.25, 0.3) is 0 Å². The lowest BCUT2D eigenvalue weighted by molar-refractivity contribution is 0.199. The Bertz CT molecular complexity index is 360. The maximum absolute atomic E-state index is 12.0. The predicted molar refractivity (Wildman–Crippen MR) is 79.8 cm³/mol. The highest BCUT2D eigenvalue weighted by Gasteiger charge is 2.24. The molecule has 0 saturated carbocycles. The Morgan fingerprint density at radius 3 is 2.53 bits per heavy atom. The number of hydrogen-bond donors (Lipinski definition) is 2. The third kappa shape index (κ3) is 6.21. The Hall–Kier alpha value is -0.170. The summed E-state index contributed by atoms with van der Waals surface area (Å²) in [7, 11) is 0.753. The third-order valence-electron chi connectivity index (χ3n) is 4.08. The van der Waals surface area contributed by atoms with Crippen LogP contribution in [-0.2, 0) is 10.0 Å². The van der Waals surface area contributed by atoms with E-state index in [1.54, 1.807) is 0 Å². The molecule has 0 bridgehead atoms. The van der Waals surface area contributed by atoms with Gasteiger partial charge in [-0.15, -0.1) is 0 Å². The standard InChI is InChI=1S/C13H29N3O2S/c1-13(2,16(3)4)11-15-19(17,18)10-8-12-7-5-6-9-14-12/h12,14-15H,5-11H2,1-4H3. The van der Waals surface area contributed by atoms with Crippen molar-refractivity contribution in [2.75, 3.05) is 32.9 Å². The van der Waals surface area contributed by atoms with Gasteiger partial charge >= 0.3 is 0 Å². The van der Waals surface area contributed by atoms with Crippen molar-refractivity contribution in [2.24, 2.45) is 0 Å². The van der Waals surface area contributed by atoms with E-state index < -0.39 is 10.0 Å². The number of hydrogen-bond acceptors (Lipinski definition) is 4. The molecule has 2 N–H and O–H groups in total. The van der Waals surface area contributed by atoms with Crippen LogP contribution in [0.1, 0.15) is 39.5 Å². The lowest BCUT2D eigenvalue weighted by Crippen LogP contribution is -2.48. The number of rotatable bonds is 7. The number of piperidine rings is 1. The van der Waals surface area contributed by atoms with Crippen LogP contribution in [0.15, 0.2) is 0 Å². The molecule has 1 rings (SSSR count). The van der Waals surface area contributed by atoms with Crippen LogP contribution < -0.4 is 10.0 Å². The van der Waals surface area contributed by atoms with E-state index in [9.17, 15) is 8.42 Å². The molecule has 1 heterocycles. The van der Waals surface area contributed by atoms with Crippen LogP contribution in [0.5, 0.6) is 0 Å². The van der Waals surface area contributed by atoms with Gasteiger partial charge in [-0.05, 0) is 53.8 Å². The van der Waals surface area contributed by atoms with Crippen molar-refractivity contribution in [1.82, 2.24) is 14.9 Å². The van der Waals surface area contributed by atoms with Gasteiger partial charge in [0, 0.05) is 18.1 Å². The van der Waals surface area contributed by atoms with E-state index in [0.717, 1.165) is 13.0 Å². The summed E-state index contributed by atoms with van der Waals surface area (Å²) in [6.07, 6.45) is 4.22. The van der Waals surface area contributed by atoms with Gasteiger partial charge in [0.2, 0.25) is 10.0 Å². The van der Waals surface area contributed by atoms with Gasteiger partial charge in [0.15, 0.2) is 0 Å². The number of nitrogens with zero attached hydrogens (tertiary/aromatic N) is 1. The van der Waals surface area contributed by atoms with Gasteiger partial charge in [-0.2, -0.15) is 0 Å². The fourth-order valence-corrected chi connectivity index (χ4v) is 3.30. The van der Waals surface area contributed by atoms with Crippen LogP contribution in [0.4, 0.5) is 0 Å². The molecule has 0 radical (unpaired) electrons. The Kier molecular flexibility index (Phi) is 6.23. The fraction of sp³-hybridized carbons (Fsp3) is 1.00. The quantitative estimate of drug-likeness (QED) is 0.728. The molecule has 5 nitrogen and oxygen atoms in total. The van der Waals surface area contributed by atoms with Gasteiger partial charge in [-0.3, -0.25) is 0 Å². The molecule has 1 fully saturated rings. The summed E-state index contributed by atoms with van der Waals surface area (Å²) < 4.78 is 26.7. The van der Waals surface area contributed by atoms with Crippen LogP contribution >= 0.6 is 0 Å². The first-order chi connectivity index (χ1) is 8.73. The molecule has 1 atom stereocenters. The lowest BCUT2D eigenvalue weighted by atomic mass is 10.0. The van der Waals surface area contributed by atoms with Gasteiger partial charge in [-0.1, -0.05) is 6.42 Å². The van der Waals surface area contributed by atoms with Gasteiger partial charge in [0.05, 0.1) is 5.75 Å². The third-order valence-corrected chi connectivity index (χ3v) is 5.44. The van der Waals surface area contributed by atoms with Gasteiger partial charge in [-0.25, -0.2) is 13.1 Å². The molecular formula is C13H29N3O2S. The minimum Gasteiger partial charge on any atom is -0.314 e. The lowest BCUT2D eigenvalue weighted by Gasteiger charge is -2.32. The number of likely N-dealkylation sites (N-methyl/N-ethyl adjacent to an activating group) is 1. The molecular weight excluding hydrogens is 262 g/mol. The molecule has 0 aromatic rings. The van der Waals surface area contributed by atoms with E-state index in [-0.39, 0.29) is 11.3 Å². The summed E-state index contributed by atoms with van der Waals surface area (Å²) in [6.45, 7) is 5.52.